The highest BCUT2D eigenvalue weighted by molar-refractivity contribution is 6.36. The van der Waals surface area contributed by atoms with Crippen LogP contribution >= 0.6 is 11.6 Å². The zero-order chi connectivity index (χ0) is 27.5. The number of amides is 5. The van der Waals surface area contributed by atoms with Crippen LogP contribution in [0.15, 0.2) is 48.5 Å². The Bertz CT molecular complexity index is 1240. The van der Waals surface area contributed by atoms with Gasteiger partial charge in [0.1, 0.15) is 6.04 Å². The molecule has 0 unspecified atom stereocenters. The van der Waals surface area contributed by atoms with Crippen LogP contribution in [0.3, 0.4) is 0 Å². The number of imide groups is 1. The number of halogens is 1. The number of urea groups is 1. The lowest BCUT2D eigenvalue weighted by Gasteiger charge is -2.36. The standard InChI is InChI=1S/C27H31ClN6O5/c1-30-10-12-32(13-11-30)24(35)20-8-5-9-22(23(20)28)31-14-16-33(17-15-31)27(38)39-34-25(36)21(29-26(34)37)18-19-6-3-2-4-7-19/h2-9,21H,10-18H2,1H3,(H,29,37)/t21-/m0/s1. The van der Waals surface area contributed by atoms with E-state index >= 15 is 0 Å². The number of hydroxylamine groups is 2. The Hall–Kier alpha value is -3.83. The molecule has 206 valence electrons. The van der Waals surface area contributed by atoms with E-state index in [-0.39, 0.29) is 5.91 Å². The molecule has 5 rings (SSSR count). The first-order chi connectivity index (χ1) is 18.8. The predicted molar refractivity (Wildman–Crippen MR) is 144 cm³/mol. The van der Waals surface area contributed by atoms with Gasteiger partial charge >= 0.3 is 12.1 Å². The van der Waals surface area contributed by atoms with E-state index in [1.165, 1.54) is 4.90 Å². The van der Waals surface area contributed by atoms with Crippen LogP contribution in [0.25, 0.3) is 0 Å². The summed E-state index contributed by atoms with van der Waals surface area (Å²) in [5, 5.41) is 3.47. The molecule has 0 aromatic heterocycles. The van der Waals surface area contributed by atoms with Gasteiger partial charge in [0.25, 0.3) is 11.8 Å². The van der Waals surface area contributed by atoms with E-state index in [9.17, 15) is 19.2 Å². The zero-order valence-corrected chi connectivity index (χ0v) is 22.5. The fourth-order valence-electron chi connectivity index (χ4n) is 4.96. The van der Waals surface area contributed by atoms with Crippen LogP contribution in [0, 0.1) is 0 Å². The van der Waals surface area contributed by atoms with Crippen molar-refractivity contribution in [3.63, 3.8) is 0 Å². The number of nitrogens with one attached hydrogen (secondary N) is 1. The third kappa shape index (κ3) is 5.79. The van der Waals surface area contributed by atoms with E-state index in [2.05, 4.69) is 10.2 Å². The quantitative estimate of drug-likeness (QED) is 0.564. The molecule has 3 heterocycles. The highest BCUT2D eigenvalue weighted by Crippen LogP contribution is 2.31. The third-order valence-electron chi connectivity index (χ3n) is 7.31. The first kappa shape index (κ1) is 26.8. The van der Waals surface area contributed by atoms with Crippen LogP contribution in [0.4, 0.5) is 15.3 Å². The van der Waals surface area contributed by atoms with Gasteiger partial charge in [-0.05, 0) is 24.7 Å². The summed E-state index contributed by atoms with van der Waals surface area (Å²) in [6.45, 7) is 4.42. The lowest BCUT2D eigenvalue weighted by atomic mass is 10.1. The van der Waals surface area contributed by atoms with Crippen LogP contribution in [0.5, 0.6) is 0 Å². The number of nitrogens with zero attached hydrogens (tertiary/aromatic N) is 5. The second-order valence-electron chi connectivity index (χ2n) is 9.89. The van der Waals surface area contributed by atoms with Gasteiger partial charge in [0.2, 0.25) is 0 Å². The molecule has 3 fully saturated rings. The molecule has 0 radical (unpaired) electrons. The zero-order valence-electron chi connectivity index (χ0n) is 21.7. The monoisotopic (exact) mass is 554 g/mol. The number of piperazine rings is 2. The molecule has 0 aliphatic carbocycles. The van der Waals surface area contributed by atoms with E-state index in [4.69, 9.17) is 16.4 Å². The van der Waals surface area contributed by atoms with Crippen molar-refractivity contribution in [1.29, 1.82) is 0 Å². The van der Waals surface area contributed by atoms with Crippen molar-refractivity contribution in [3.8, 4) is 0 Å². The van der Waals surface area contributed by atoms with Gasteiger partial charge in [-0.15, -0.1) is 0 Å². The van der Waals surface area contributed by atoms with Gasteiger partial charge in [0.15, 0.2) is 0 Å². The van der Waals surface area contributed by atoms with Gasteiger partial charge in [-0.1, -0.05) is 53.1 Å². The fourth-order valence-corrected chi connectivity index (χ4v) is 5.29. The molecule has 0 saturated carbocycles. The van der Waals surface area contributed by atoms with E-state index in [1.807, 2.05) is 59.3 Å². The first-order valence-corrected chi connectivity index (χ1v) is 13.4. The number of carbonyl (C=O) groups excluding carboxylic acids is 4. The van der Waals surface area contributed by atoms with Crippen molar-refractivity contribution in [3.05, 3.63) is 64.7 Å². The highest BCUT2D eigenvalue weighted by Gasteiger charge is 2.42. The molecule has 0 spiro atoms. The summed E-state index contributed by atoms with van der Waals surface area (Å²) >= 11 is 6.71. The summed E-state index contributed by atoms with van der Waals surface area (Å²) < 4.78 is 0. The number of carbonyl (C=O) groups is 4. The molecular formula is C27H31ClN6O5. The number of likely N-dealkylation sites (N-methyl/N-ethyl adjacent to an activating group) is 1. The summed E-state index contributed by atoms with van der Waals surface area (Å²) in [5.41, 5.74) is 2.07. The molecule has 12 heteroatoms. The molecule has 11 nitrogen and oxygen atoms in total. The number of rotatable bonds is 5. The average Bonchev–Trinajstić information content (AvgIpc) is 3.21. The molecule has 1 N–H and O–H groups in total. The Labute approximate surface area is 231 Å². The summed E-state index contributed by atoms with van der Waals surface area (Å²) in [7, 11) is 2.03. The Balaban J connectivity index is 1.16. The molecule has 0 bridgehead atoms. The minimum Gasteiger partial charge on any atom is -0.367 e. The maximum Gasteiger partial charge on any atom is 0.434 e. The Morgan fingerprint density at radius 2 is 1.56 bits per heavy atom. The number of hydrogen-bond donors (Lipinski definition) is 1. The summed E-state index contributed by atoms with van der Waals surface area (Å²) in [6.07, 6.45) is -0.474. The van der Waals surface area contributed by atoms with Crippen LogP contribution in [-0.2, 0) is 16.1 Å². The lowest BCUT2D eigenvalue weighted by Crippen LogP contribution is -2.51. The maximum absolute atomic E-state index is 13.1. The predicted octanol–water partition coefficient (Wildman–Crippen LogP) is 2.06. The van der Waals surface area contributed by atoms with E-state index < -0.39 is 24.1 Å². The van der Waals surface area contributed by atoms with E-state index in [0.717, 1.165) is 24.3 Å². The van der Waals surface area contributed by atoms with Crippen LogP contribution in [-0.4, -0.2) is 109 Å². The minimum absolute atomic E-state index is 0.0868. The average molecular weight is 555 g/mol. The lowest BCUT2D eigenvalue weighted by molar-refractivity contribution is -0.151. The van der Waals surface area contributed by atoms with Crippen molar-refractivity contribution in [1.82, 2.24) is 25.1 Å². The normalized spacial score (nSPS) is 20.3. The molecule has 2 aromatic carbocycles. The summed E-state index contributed by atoms with van der Waals surface area (Å²) in [6, 6.07) is 13.1. The van der Waals surface area contributed by atoms with Gasteiger partial charge in [-0.3, -0.25) is 9.59 Å². The minimum atomic E-state index is -0.799. The Kier molecular flexibility index (Phi) is 7.89. The van der Waals surface area contributed by atoms with Crippen molar-refractivity contribution in [2.45, 2.75) is 12.5 Å². The van der Waals surface area contributed by atoms with Crippen LogP contribution in [0.2, 0.25) is 5.02 Å². The molecule has 39 heavy (non-hydrogen) atoms. The van der Waals surface area contributed by atoms with Crippen LogP contribution < -0.4 is 10.2 Å². The second-order valence-corrected chi connectivity index (χ2v) is 10.3. The van der Waals surface area contributed by atoms with E-state index in [0.29, 0.717) is 61.3 Å². The topological polar surface area (TPSA) is 106 Å². The third-order valence-corrected chi connectivity index (χ3v) is 7.71. The molecule has 2 aromatic rings. The molecule has 3 aliphatic rings. The largest absolute Gasteiger partial charge is 0.434 e. The van der Waals surface area contributed by atoms with Gasteiger partial charge < -0.3 is 29.8 Å². The van der Waals surface area contributed by atoms with Crippen LogP contribution in [0.1, 0.15) is 15.9 Å². The molecular weight excluding hydrogens is 524 g/mol. The second kappa shape index (κ2) is 11.5. The SMILES string of the molecule is CN1CCN(C(=O)c2cccc(N3CCN(C(=O)ON4C(=O)N[C@@H](Cc5ccccc5)C4=O)CC3)c2Cl)CC1. The van der Waals surface area contributed by atoms with Gasteiger partial charge in [0, 0.05) is 58.8 Å². The number of hydrogen-bond acceptors (Lipinski definition) is 7. The smallest absolute Gasteiger partial charge is 0.367 e. The molecule has 1 atom stereocenters. The Morgan fingerprint density at radius 1 is 0.897 bits per heavy atom. The van der Waals surface area contributed by atoms with Crippen molar-refractivity contribution < 1.29 is 24.0 Å². The molecule has 3 aliphatic heterocycles. The van der Waals surface area contributed by atoms with E-state index in [1.54, 1.807) is 6.07 Å². The van der Waals surface area contributed by atoms with Crippen molar-refractivity contribution >= 4 is 41.2 Å². The summed E-state index contributed by atoms with van der Waals surface area (Å²) in [4.78, 5) is 63.6. The molecule has 3 saturated heterocycles. The maximum atomic E-state index is 13.1. The fraction of sp³-hybridized carbons (Fsp3) is 0.407. The van der Waals surface area contributed by atoms with Crippen molar-refractivity contribution in [2.75, 3.05) is 64.3 Å². The molecule has 5 amide bonds. The van der Waals surface area contributed by atoms with Crippen molar-refractivity contribution in [2.24, 2.45) is 0 Å². The van der Waals surface area contributed by atoms with Gasteiger partial charge in [-0.2, -0.15) is 0 Å². The first-order valence-electron chi connectivity index (χ1n) is 13.0. The number of anilines is 1. The van der Waals surface area contributed by atoms with Gasteiger partial charge in [0.05, 0.1) is 16.3 Å². The number of benzene rings is 2. The van der Waals surface area contributed by atoms with Gasteiger partial charge in [-0.25, -0.2) is 9.59 Å². The summed E-state index contributed by atoms with van der Waals surface area (Å²) in [5.74, 6) is -0.694. The highest BCUT2D eigenvalue weighted by atomic mass is 35.5. The Morgan fingerprint density at radius 3 is 2.26 bits per heavy atom.